The van der Waals surface area contributed by atoms with Crippen molar-refractivity contribution in [3.63, 3.8) is 0 Å². The summed E-state index contributed by atoms with van der Waals surface area (Å²) in [6, 6.07) is 13.6. The van der Waals surface area contributed by atoms with E-state index in [0.29, 0.717) is 28.7 Å². The standard InChI is InChI=1S/C22H18N6O3S/c1-27-16-6-13(4-5-14(16)25-26-27)11-31-20-9-22(32-21(20)10-23)28-12-24-15-7-18(29-2)19(30-3)8-17(15)28/h4-9,12H,11H2,1-3H3. The topological polar surface area (TPSA) is 100 Å². The SMILES string of the molecule is COc1cc2ncn(-c3cc(OCc4ccc5nnn(C)c5c4)c(C#N)s3)c2cc1OC. The molecule has 5 aromatic rings. The molecule has 9 nitrogen and oxygen atoms in total. The molecule has 0 saturated heterocycles. The van der Waals surface area contributed by atoms with Gasteiger partial charge in [-0.25, -0.2) is 9.67 Å². The lowest BCUT2D eigenvalue weighted by Crippen LogP contribution is -1.97. The van der Waals surface area contributed by atoms with Gasteiger partial charge in [-0.05, 0) is 17.7 Å². The highest BCUT2D eigenvalue weighted by molar-refractivity contribution is 7.15. The molecule has 5 rings (SSSR count). The van der Waals surface area contributed by atoms with E-state index >= 15 is 0 Å². The number of aryl methyl sites for hydroxylation is 1. The van der Waals surface area contributed by atoms with Crippen molar-refractivity contribution < 1.29 is 14.2 Å². The van der Waals surface area contributed by atoms with Crippen molar-refractivity contribution in [2.45, 2.75) is 6.61 Å². The van der Waals surface area contributed by atoms with E-state index in [1.54, 1.807) is 25.2 Å². The average Bonchev–Trinajstić information content (AvgIpc) is 3.52. The summed E-state index contributed by atoms with van der Waals surface area (Å²) >= 11 is 1.34. The number of nitriles is 1. The number of rotatable bonds is 6. The molecule has 0 radical (unpaired) electrons. The van der Waals surface area contributed by atoms with Gasteiger partial charge in [-0.1, -0.05) is 11.3 Å². The van der Waals surface area contributed by atoms with Gasteiger partial charge in [0.2, 0.25) is 0 Å². The first-order chi connectivity index (χ1) is 15.6. The fraction of sp³-hybridized carbons (Fsp3) is 0.182. The molecule has 0 bridgehead atoms. The second-order valence-electron chi connectivity index (χ2n) is 7.03. The van der Waals surface area contributed by atoms with Gasteiger partial charge in [-0.15, -0.1) is 16.4 Å². The molecule has 32 heavy (non-hydrogen) atoms. The largest absolute Gasteiger partial charge is 0.493 e. The molecule has 10 heteroatoms. The fourth-order valence-corrected chi connectivity index (χ4v) is 4.39. The van der Waals surface area contributed by atoms with E-state index in [2.05, 4.69) is 21.4 Å². The van der Waals surface area contributed by atoms with Gasteiger partial charge in [-0.2, -0.15) is 5.26 Å². The zero-order valence-corrected chi connectivity index (χ0v) is 18.4. The third-order valence-electron chi connectivity index (χ3n) is 5.15. The van der Waals surface area contributed by atoms with Crippen LogP contribution in [0.25, 0.3) is 27.1 Å². The summed E-state index contributed by atoms with van der Waals surface area (Å²) in [5, 5.41) is 18.6. The number of methoxy groups -OCH3 is 2. The summed E-state index contributed by atoms with van der Waals surface area (Å²) < 4.78 is 20.4. The summed E-state index contributed by atoms with van der Waals surface area (Å²) in [6.07, 6.45) is 1.71. The van der Waals surface area contributed by atoms with E-state index < -0.39 is 0 Å². The minimum absolute atomic E-state index is 0.321. The molecule has 0 spiro atoms. The maximum Gasteiger partial charge on any atom is 0.163 e. The van der Waals surface area contributed by atoms with Crippen molar-refractivity contribution in [3.05, 3.63) is 53.2 Å². The number of aromatic nitrogens is 5. The van der Waals surface area contributed by atoms with Crippen molar-refractivity contribution in [2.24, 2.45) is 7.05 Å². The number of ether oxygens (including phenoxy) is 3. The lowest BCUT2D eigenvalue weighted by atomic mass is 10.2. The highest BCUT2D eigenvalue weighted by Gasteiger charge is 2.16. The zero-order valence-electron chi connectivity index (χ0n) is 17.6. The number of imidazole rings is 1. The predicted octanol–water partition coefficient (Wildman–Crippen LogP) is 3.84. The Morgan fingerprint density at radius 3 is 2.59 bits per heavy atom. The Bertz CT molecular complexity index is 1490. The molecule has 0 amide bonds. The van der Waals surface area contributed by atoms with Gasteiger partial charge in [-0.3, -0.25) is 4.57 Å². The third-order valence-corrected chi connectivity index (χ3v) is 6.17. The molecule has 0 aliphatic carbocycles. The maximum atomic E-state index is 9.64. The Kier molecular flexibility index (Phi) is 4.88. The average molecular weight is 446 g/mol. The molecule has 0 N–H and O–H groups in total. The first kappa shape index (κ1) is 19.8. The number of hydrogen-bond acceptors (Lipinski definition) is 8. The van der Waals surface area contributed by atoms with Crippen LogP contribution < -0.4 is 14.2 Å². The quantitative estimate of drug-likeness (QED) is 0.391. The Morgan fingerprint density at radius 2 is 1.81 bits per heavy atom. The second kappa shape index (κ2) is 7.86. The van der Waals surface area contributed by atoms with Gasteiger partial charge >= 0.3 is 0 Å². The maximum absolute atomic E-state index is 9.64. The molecule has 0 saturated carbocycles. The number of thiophene rings is 1. The van der Waals surface area contributed by atoms with Crippen LogP contribution in [0.15, 0.2) is 42.7 Å². The van der Waals surface area contributed by atoms with Crippen LogP contribution in [0.4, 0.5) is 0 Å². The molecule has 0 fully saturated rings. The number of benzene rings is 2. The van der Waals surface area contributed by atoms with E-state index in [-0.39, 0.29) is 0 Å². The van der Waals surface area contributed by atoms with Crippen LogP contribution in [-0.4, -0.2) is 38.8 Å². The van der Waals surface area contributed by atoms with Crippen molar-refractivity contribution in [1.29, 1.82) is 5.26 Å². The fourth-order valence-electron chi connectivity index (χ4n) is 3.50. The Morgan fingerprint density at radius 1 is 1.00 bits per heavy atom. The molecule has 160 valence electrons. The number of hydrogen-bond donors (Lipinski definition) is 0. The van der Waals surface area contributed by atoms with Crippen molar-refractivity contribution >= 4 is 33.4 Å². The summed E-state index contributed by atoms with van der Waals surface area (Å²) in [7, 11) is 5.03. The van der Waals surface area contributed by atoms with Crippen LogP contribution in [0.2, 0.25) is 0 Å². The van der Waals surface area contributed by atoms with Crippen LogP contribution in [0.1, 0.15) is 10.4 Å². The lowest BCUT2D eigenvalue weighted by molar-refractivity contribution is 0.307. The van der Waals surface area contributed by atoms with Crippen LogP contribution in [0, 0.1) is 11.3 Å². The number of nitrogens with zero attached hydrogens (tertiary/aromatic N) is 6. The van der Waals surface area contributed by atoms with Gasteiger partial charge in [0.15, 0.2) is 17.2 Å². The highest BCUT2D eigenvalue weighted by Crippen LogP contribution is 2.36. The van der Waals surface area contributed by atoms with E-state index in [4.69, 9.17) is 14.2 Å². The Labute approximate surface area is 187 Å². The van der Waals surface area contributed by atoms with Crippen LogP contribution in [-0.2, 0) is 13.7 Å². The summed E-state index contributed by atoms with van der Waals surface area (Å²) in [4.78, 5) is 4.96. The second-order valence-corrected chi connectivity index (χ2v) is 8.06. The molecule has 3 aromatic heterocycles. The Balaban J connectivity index is 1.46. The smallest absolute Gasteiger partial charge is 0.163 e. The highest BCUT2D eigenvalue weighted by atomic mass is 32.1. The van der Waals surface area contributed by atoms with E-state index in [1.165, 1.54) is 11.3 Å². The van der Waals surface area contributed by atoms with Gasteiger partial charge in [0.05, 0.1) is 30.8 Å². The van der Waals surface area contributed by atoms with Gasteiger partial charge in [0.1, 0.15) is 34.4 Å². The summed E-state index contributed by atoms with van der Waals surface area (Å²) in [5.74, 6) is 1.74. The van der Waals surface area contributed by atoms with Gasteiger partial charge in [0.25, 0.3) is 0 Å². The molecule has 0 aliphatic heterocycles. The molecule has 0 atom stereocenters. The Hall–Kier alpha value is -4.10. The molecule has 2 aromatic carbocycles. The van der Waals surface area contributed by atoms with E-state index in [0.717, 1.165) is 32.6 Å². The molecule has 0 aliphatic rings. The zero-order chi connectivity index (χ0) is 22.2. The minimum Gasteiger partial charge on any atom is -0.493 e. The van der Waals surface area contributed by atoms with Gasteiger partial charge in [0, 0.05) is 25.2 Å². The summed E-state index contributed by atoms with van der Waals surface area (Å²) in [5.41, 5.74) is 4.31. The summed E-state index contributed by atoms with van der Waals surface area (Å²) in [6.45, 7) is 0.321. The van der Waals surface area contributed by atoms with Crippen LogP contribution in [0.5, 0.6) is 17.2 Å². The van der Waals surface area contributed by atoms with E-state index in [1.807, 2.05) is 48.0 Å². The van der Waals surface area contributed by atoms with Gasteiger partial charge < -0.3 is 14.2 Å². The van der Waals surface area contributed by atoms with Crippen LogP contribution >= 0.6 is 11.3 Å². The molecular weight excluding hydrogens is 428 g/mol. The van der Waals surface area contributed by atoms with E-state index in [9.17, 15) is 5.26 Å². The normalized spacial score (nSPS) is 11.1. The monoisotopic (exact) mass is 446 g/mol. The molecule has 0 unspecified atom stereocenters. The number of fused-ring (bicyclic) bond motifs is 2. The molecular formula is C22H18N6O3S. The third kappa shape index (κ3) is 3.29. The first-order valence-corrected chi connectivity index (χ1v) is 10.5. The minimum atomic E-state index is 0.321. The predicted molar refractivity (Wildman–Crippen MR) is 120 cm³/mol. The lowest BCUT2D eigenvalue weighted by Gasteiger charge is -2.08. The first-order valence-electron chi connectivity index (χ1n) is 9.65. The van der Waals surface area contributed by atoms with Crippen molar-refractivity contribution in [1.82, 2.24) is 24.5 Å². The van der Waals surface area contributed by atoms with Crippen molar-refractivity contribution in [2.75, 3.05) is 14.2 Å². The molecule has 3 heterocycles. The van der Waals surface area contributed by atoms with Crippen molar-refractivity contribution in [3.8, 4) is 28.3 Å². The van der Waals surface area contributed by atoms with Crippen LogP contribution in [0.3, 0.4) is 0 Å².